The molecule has 0 spiro atoms. The first-order valence-corrected chi connectivity index (χ1v) is 11.1. The van der Waals surface area contributed by atoms with Gasteiger partial charge >= 0.3 is 0 Å². The Morgan fingerprint density at radius 1 is 0.967 bits per heavy atom. The molecule has 2 heterocycles. The van der Waals surface area contributed by atoms with E-state index in [2.05, 4.69) is 15.5 Å². The fourth-order valence-corrected chi connectivity index (χ4v) is 4.35. The average Bonchev–Trinajstić information content (AvgIpc) is 3.48. The minimum atomic E-state index is -0.164. The van der Waals surface area contributed by atoms with E-state index in [1.54, 1.807) is 12.1 Å². The first-order chi connectivity index (χ1) is 14.6. The van der Waals surface area contributed by atoms with Gasteiger partial charge in [-0.1, -0.05) is 36.4 Å². The number of hydrogen-bond donors (Lipinski definition) is 2. The second kappa shape index (κ2) is 9.13. The van der Waals surface area contributed by atoms with Crippen molar-refractivity contribution >= 4 is 34.5 Å². The van der Waals surface area contributed by atoms with Gasteiger partial charge in [0.05, 0.1) is 16.5 Å². The van der Waals surface area contributed by atoms with Crippen LogP contribution in [0.1, 0.15) is 51.4 Å². The molecular formula is C24H25N3O2S. The topological polar surface area (TPSA) is 61.4 Å². The second-order valence-electron chi connectivity index (χ2n) is 7.46. The lowest BCUT2D eigenvalue weighted by Gasteiger charge is -2.23. The van der Waals surface area contributed by atoms with Gasteiger partial charge in [0.1, 0.15) is 0 Å². The molecule has 1 aromatic heterocycles. The predicted molar refractivity (Wildman–Crippen MR) is 122 cm³/mol. The molecule has 1 aliphatic rings. The number of nitrogens with zero attached hydrogens (tertiary/aromatic N) is 1. The Kier molecular flexibility index (Phi) is 6.14. The molecule has 30 heavy (non-hydrogen) atoms. The molecular weight excluding hydrogens is 394 g/mol. The van der Waals surface area contributed by atoms with Crippen molar-refractivity contribution in [1.29, 1.82) is 0 Å². The number of rotatable bonds is 6. The van der Waals surface area contributed by atoms with E-state index in [1.165, 1.54) is 11.3 Å². The van der Waals surface area contributed by atoms with Gasteiger partial charge in [-0.05, 0) is 55.0 Å². The van der Waals surface area contributed by atoms with Crippen LogP contribution in [-0.4, -0.2) is 24.9 Å². The SMILES string of the molecule is C[C@H](NC(=O)c1cc(NC(=O)c2cccs2)ccc1N1CCCC1)c1ccccc1. The highest BCUT2D eigenvalue weighted by atomic mass is 32.1. The van der Waals surface area contributed by atoms with Crippen LogP contribution < -0.4 is 15.5 Å². The van der Waals surface area contributed by atoms with E-state index in [9.17, 15) is 9.59 Å². The molecule has 6 heteroatoms. The van der Waals surface area contributed by atoms with Crippen molar-refractivity contribution in [2.24, 2.45) is 0 Å². The highest BCUT2D eigenvalue weighted by Gasteiger charge is 2.22. The Morgan fingerprint density at radius 3 is 2.43 bits per heavy atom. The maximum absolute atomic E-state index is 13.2. The summed E-state index contributed by atoms with van der Waals surface area (Å²) in [6.45, 7) is 3.86. The molecule has 0 aliphatic carbocycles. The average molecular weight is 420 g/mol. The van der Waals surface area contributed by atoms with Crippen molar-refractivity contribution in [3.05, 3.63) is 82.0 Å². The highest BCUT2D eigenvalue weighted by molar-refractivity contribution is 7.12. The molecule has 1 saturated heterocycles. The van der Waals surface area contributed by atoms with Crippen molar-refractivity contribution in [3.8, 4) is 0 Å². The number of benzene rings is 2. The summed E-state index contributed by atoms with van der Waals surface area (Å²) >= 11 is 1.39. The Hall–Kier alpha value is -3.12. The molecule has 4 rings (SSSR count). The molecule has 0 bridgehead atoms. The third-order valence-electron chi connectivity index (χ3n) is 5.34. The van der Waals surface area contributed by atoms with Gasteiger partial charge in [-0.15, -0.1) is 11.3 Å². The van der Waals surface area contributed by atoms with E-state index in [1.807, 2.05) is 60.8 Å². The fourth-order valence-electron chi connectivity index (χ4n) is 3.73. The number of carbonyl (C=O) groups excluding carboxylic acids is 2. The molecule has 1 fully saturated rings. The van der Waals surface area contributed by atoms with Crippen LogP contribution in [0, 0.1) is 0 Å². The normalized spacial score (nSPS) is 14.4. The maximum atomic E-state index is 13.2. The molecule has 0 saturated carbocycles. The van der Waals surface area contributed by atoms with Crippen molar-refractivity contribution in [2.45, 2.75) is 25.8 Å². The van der Waals surface area contributed by atoms with Gasteiger partial charge in [-0.2, -0.15) is 0 Å². The summed E-state index contributed by atoms with van der Waals surface area (Å²) in [4.78, 5) is 28.6. The summed E-state index contributed by atoms with van der Waals surface area (Å²) in [6, 6.07) is 19.0. The van der Waals surface area contributed by atoms with Crippen LogP contribution in [0.5, 0.6) is 0 Å². The van der Waals surface area contributed by atoms with Crippen LogP contribution in [0.15, 0.2) is 66.0 Å². The largest absolute Gasteiger partial charge is 0.371 e. The molecule has 2 amide bonds. The number of amides is 2. The predicted octanol–water partition coefficient (Wildman–Crippen LogP) is 5.09. The van der Waals surface area contributed by atoms with E-state index < -0.39 is 0 Å². The zero-order chi connectivity index (χ0) is 20.9. The van der Waals surface area contributed by atoms with Gasteiger partial charge < -0.3 is 15.5 Å². The van der Waals surface area contributed by atoms with Crippen LogP contribution in [0.2, 0.25) is 0 Å². The van der Waals surface area contributed by atoms with Crippen LogP contribution >= 0.6 is 11.3 Å². The lowest BCUT2D eigenvalue weighted by Crippen LogP contribution is -2.29. The number of anilines is 2. The van der Waals surface area contributed by atoms with Gasteiger partial charge in [-0.25, -0.2) is 0 Å². The first kappa shape index (κ1) is 20.2. The van der Waals surface area contributed by atoms with Gasteiger partial charge in [0.25, 0.3) is 11.8 Å². The number of thiophene rings is 1. The maximum Gasteiger partial charge on any atom is 0.265 e. The highest BCUT2D eigenvalue weighted by Crippen LogP contribution is 2.28. The Morgan fingerprint density at radius 2 is 1.73 bits per heavy atom. The summed E-state index contributed by atoms with van der Waals surface area (Å²) in [5, 5.41) is 7.89. The van der Waals surface area contributed by atoms with Crippen molar-refractivity contribution < 1.29 is 9.59 Å². The molecule has 2 aromatic carbocycles. The summed E-state index contributed by atoms with van der Waals surface area (Å²) in [5.41, 5.74) is 3.17. The molecule has 154 valence electrons. The summed E-state index contributed by atoms with van der Waals surface area (Å²) in [7, 11) is 0. The Labute approximate surface area is 180 Å². The molecule has 1 atom stereocenters. The third kappa shape index (κ3) is 4.54. The number of nitrogens with one attached hydrogen (secondary N) is 2. The van der Waals surface area contributed by atoms with Gasteiger partial charge in [0.15, 0.2) is 0 Å². The van der Waals surface area contributed by atoms with Crippen LogP contribution in [-0.2, 0) is 0 Å². The summed E-state index contributed by atoms with van der Waals surface area (Å²) in [5.74, 6) is -0.302. The first-order valence-electron chi connectivity index (χ1n) is 10.2. The minimum Gasteiger partial charge on any atom is -0.371 e. The van der Waals surface area contributed by atoms with Crippen LogP contribution in [0.3, 0.4) is 0 Å². The van der Waals surface area contributed by atoms with E-state index in [0.717, 1.165) is 37.2 Å². The van der Waals surface area contributed by atoms with Gasteiger partial charge in [0, 0.05) is 24.5 Å². The Bertz CT molecular complexity index is 1010. The smallest absolute Gasteiger partial charge is 0.265 e. The molecule has 1 aliphatic heterocycles. The van der Waals surface area contributed by atoms with E-state index in [4.69, 9.17) is 0 Å². The number of carbonyl (C=O) groups is 2. The minimum absolute atomic E-state index is 0.116. The van der Waals surface area contributed by atoms with Gasteiger partial charge in [-0.3, -0.25) is 9.59 Å². The standard InChI is InChI=1S/C24H25N3O2S/c1-17(18-8-3-2-4-9-18)25-23(28)20-16-19(26-24(29)22-10-7-15-30-22)11-12-21(20)27-13-5-6-14-27/h2-4,7-12,15-17H,5-6,13-14H2,1H3,(H,25,28)(H,26,29)/t17-/m0/s1. The summed E-state index contributed by atoms with van der Waals surface area (Å²) in [6.07, 6.45) is 2.25. The van der Waals surface area contributed by atoms with E-state index in [-0.39, 0.29) is 17.9 Å². The van der Waals surface area contributed by atoms with E-state index in [0.29, 0.717) is 16.1 Å². The number of hydrogen-bond acceptors (Lipinski definition) is 4. The lowest BCUT2D eigenvalue weighted by molar-refractivity contribution is 0.0939. The molecule has 3 aromatic rings. The molecule has 0 unspecified atom stereocenters. The monoisotopic (exact) mass is 419 g/mol. The Balaban J connectivity index is 1.59. The molecule has 5 nitrogen and oxygen atoms in total. The van der Waals surface area contributed by atoms with Crippen LogP contribution in [0.25, 0.3) is 0 Å². The van der Waals surface area contributed by atoms with Crippen molar-refractivity contribution in [2.75, 3.05) is 23.3 Å². The van der Waals surface area contributed by atoms with Crippen molar-refractivity contribution in [3.63, 3.8) is 0 Å². The van der Waals surface area contributed by atoms with Crippen LogP contribution in [0.4, 0.5) is 11.4 Å². The molecule has 2 N–H and O–H groups in total. The van der Waals surface area contributed by atoms with Crippen molar-refractivity contribution in [1.82, 2.24) is 5.32 Å². The third-order valence-corrected chi connectivity index (χ3v) is 6.21. The van der Waals surface area contributed by atoms with E-state index >= 15 is 0 Å². The summed E-state index contributed by atoms with van der Waals surface area (Å²) < 4.78 is 0. The molecule has 0 radical (unpaired) electrons. The zero-order valence-corrected chi connectivity index (χ0v) is 17.7. The quantitative estimate of drug-likeness (QED) is 0.585. The fraction of sp³-hybridized carbons (Fsp3) is 0.250. The lowest BCUT2D eigenvalue weighted by atomic mass is 10.1. The van der Waals surface area contributed by atoms with Gasteiger partial charge in [0.2, 0.25) is 0 Å². The second-order valence-corrected chi connectivity index (χ2v) is 8.41. The zero-order valence-electron chi connectivity index (χ0n) is 16.9.